The molecule has 0 aliphatic heterocycles. The van der Waals surface area contributed by atoms with E-state index in [0.717, 1.165) is 15.4 Å². The first-order valence-corrected chi connectivity index (χ1v) is 6.96. The van der Waals surface area contributed by atoms with Gasteiger partial charge in [0.1, 0.15) is 0 Å². The van der Waals surface area contributed by atoms with Crippen molar-refractivity contribution in [2.75, 3.05) is 0 Å². The fourth-order valence-electron chi connectivity index (χ4n) is 1.74. The van der Waals surface area contributed by atoms with Gasteiger partial charge < -0.3 is 5.11 Å². The summed E-state index contributed by atoms with van der Waals surface area (Å²) in [4.78, 5) is 23.9. The lowest BCUT2D eigenvalue weighted by molar-refractivity contribution is -0.136. The minimum Gasteiger partial charge on any atom is -0.481 e. The van der Waals surface area contributed by atoms with Crippen molar-refractivity contribution in [3.63, 3.8) is 0 Å². The number of carboxylic acid groups (broad SMARTS) is 1. The van der Waals surface area contributed by atoms with Crippen molar-refractivity contribution in [1.82, 2.24) is 0 Å². The van der Waals surface area contributed by atoms with Crippen molar-refractivity contribution in [3.8, 4) is 0 Å². The van der Waals surface area contributed by atoms with E-state index >= 15 is 0 Å². The number of carbonyl (C=O) groups is 2. The average Bonchev–Trinajstić information content (AvgIpc) is 2.41. The smallest absolute Gasteiger partial charge is 0.307 e. The Kier molecular flexibility index (Phi) is 4.58. The van der Waals surface area contributed by atoms with Crippen LogP contribution in [0.2, 0.25) is 0 Å². The minimum absolute atomic E-state index is 0.0399. The summed E-state index contributed by atoms with van der Waals surface area (Å²) >= 11 is 1.58. The zero-order chi connectivity index (χ0) is 14.5. The van der Waals surface area contributed by atoms with Crippen LogP contribution in [0, 0.1) is 0 Å². The molecule has 1 N–H and O–H groups in total. The van der Waals surface area contributed by atoms with Crippen molar-refractivity contribution in [2.45, 2.75) is 23.1 Å². The van der Waals surface area contributed by atoms with Crippen LogP contribution in [0.1, 0.15) is 22.8 Å². The summed E-state index contributed by atoms with van der Waals surface area (Å²) in [6.45, 7) is 1.54. The van der Waals surface area contributed by atoms with E-state index in [-0.39, 0.29) is 12.2 Å². The highest BCUT2D eigenvalue weighted by Gasteiger charge is 2.03. The third-order valence-electron chi connectivity index (χ3n) is 2.78. The maximum Gasteiger partial charge on any atom is 0.307 e. The lowest BCUT2D eigenvalue weighted by Crippen LogP contribution is -1.99. The Bertz CT molecular complexity index is 615. The van der Waals surface area contributed by atoms with E-state index in [0.29, 0.717) is 5.56 Å². The number of ketones is 1. The Balaban J connectivity index is 2.06. The molecule has 0 radical (unpaired) electrons. The van der Waals surface area contributed by atoms with Crippen molar-refractivity contribution >= 4 is 23.5 Å². The van der Waals surface area contributed by atoms with Gasteiger partial charge >= 0.3 is 5.97 Å². The molecular weight excluding hydrogens is 272 g/mol. The highest BCUT2D eigenvalue weighted by molar-refractivity contribution is 7.99. The first-order valence-electron chi connectivity index (χ1n) is 6.14. The lowest BCUT2D eigenvalue weighted by atomic mass is 10.1. The fourth-order valence-corrected chi connectivity index (χ4v) is 2.56. The standard InChI is InChI=1S/C16H14O3S/c1-11(17)13-4-8-15(9-5-13)20-14-6-2-12(3-7-14)10-16(18)19/h2-9H,10H2,1H3,(H,18,19). The molecule has 0 aromatic heterocycles. The van der Waals surface area contributed by atoms with E-state index in [1.807, 2.05) is 48.5 Å². The second kappa shape index (κ2) is 6.39. The Morgan fingerprint density at radius 3 is 1.90 bits per heavy atom. The maximum absolute atomic E-state index is 11.2. The molecule has 20 heavy (non-hydrogen) atoms. The fraction of sp³-hybridized carbons (Fsp3) is 0.125. The van der Waals surface area contributed by atoms with Crippen LogP contribution in [-0.2, 0) is 11.2 Å². The largest absolute Gasteiger partial charge is 0.481 e. The molecule has 0 aliphatic rings. The molecule has 0 amide bonds. The van der Waals surface area contributed by atoms with Gasteiger partial charge in [0, 0.05) is 15.4 Å². The number of hydrogen-bond acceptors (Lipinski definition) is 3. The third-order valence-corrected chi connectivity index (χ3v) is 3.79. The van der Waals surface area contributed by atoms with Crippen LogP contribution in [0.5, 0.6) is 0 Å². The van der Waals surface area contributed by atoms with Crippen molar-refractivity contribution in [1.29, 1.82) is 0 Å². The van der Waals surface area contributed by atoms with Crippen LogP contribution in [0.15, 0.2) is 58.3 Å². The van der Waals surface area contributed by atoms with Gasteiger partial charge in [-0.15, -0.1) is 0 Å². The minimum atomic E-state index is -0.828. The Hall–Kier alpha value is -2.07. The highest BCUT2D eigenvalue weighted by Crippen LogP contribution is 2.28. The van der Waals surface area contributed by atoms with Crippen molar-refractivity contribution in [3.05, 3.63) is 59.7 Å². The molecule has 0 heterocycles. The summed E-state index contributed by atoms with van der Waals surface area (Å²) < 4.78 is 0. The second-order valence-electron chi connectivity index (χ2n) is 4.40. The van der Waals surface area contributed by atoms with E-state index in [4.69, 9.17) is 5.11 Å². The van der Waals surface area contributed by atoms with Gasteiger partial charge in [-0.1, -0.05) is 36.0 Å². The summed E-state index contributed by atoms with van der Waals surface area (Å²) in [7, 11) is 0. The average molecular weight is 286 g/mol. The summed E-state index contributed by atoms with van der Waals surface area (Å²) in [6.07, 6.45) is 0.0399. The lowest BCUT2D eigenvalue weighted by Gasteiger charge is -2.04. The third kappa shape index (κ3) is 3.96. The molecular formula is C16H14O3S. The van der Waals surface area contributed by atoms with Crippen molar-refractivity contribution in [2.24, 2.45) is 0 Å². The monoisotopic (exact) mass is 286 g/mol. The molecule has 2 aromatic rings. The van der Waals surface area contributed by atoms with Crippen LogP contribution >= 0.6 is 11.8 Å². The summed E-state index contributed by atoms with van der Waals surface area (Å²) in [5.74, 6) is -0.773. The Labute approximate surface area is 121 Å². The molecule has 0 saturated heterocycles. The van der Waals surface area contributed by atoms with E-state index in [1.165, 1.54) is 0 Å². The summed E-state index contributed by atoms with van der Waals surface area (Å²) in [5.41, 5.74) is 1.49. The Morgan fingerprint density at radius 1 is 0.950 bits per heavy atom. The zero-order valence-electron chi connectivity index (χ0n) is 11.0. The van der Waals surface area contributed by atoms with Crippen LogP contribution < -0.4 is 0 Å². The second-order valence-corrected chi connectivity index (χ2v) is 5.54. The molecule has 0 spiro atoms. The zero-order valence-corrected chi connectivity index (χ0v) is 11.8. The SMILES string of the molecule is CC(=O)c1ccc(Sc2ccc(CC(=O)O)cc2)cc1. The molecule has 3 nitrogen and oxygen atoms in total. The molecule has 0 atom stereocenters. The van der Waals surface area contributed by atoms with Gasteiger partial charge in [0.15, 0.2) is 5.78 Å². The first kappa shape index (κ1) is 14.3. The van der Waals surface area contributed by atoms with Crippen LogP contribution in [0.25, 0.3) is 0 Å². The number of carboxylic acids is 1. The quantitative estimate of drug-likeness (QED) is 0.852. The van der Waals surface area contributed by atoms with Gasteiger partial charge in [-0.2, -0.15) is 0 Å². The normalized spacial score (nSPS) is 10.2. The number of carbonyl (C=O) groups excluding carboxylic acids is 1. The molecule has 0 saturated carbocycles. The highest BCUT2D eigenvalue weighted by atomic mass is 32.2. The predicted octanol–water partition coefficient (Wildman–Crippen LogP) is 3.67. The van der Waals surface area contributed by atoms with E-state index < -0.39 is 5.97 Å². The maximum atomic E-state index is 11.2. The Morgan fingerprint density at radius 2 is 1.45 bits per heavy atom. The molecule has 4 heteroatoms. The number of Topliss-reactive ketones (excluding diaryl/α,β-unsaturated/α-hetero) is 1. The summed E-state index contributed by atoms with van der Waals surface area (Å²) in [6, 6.07) is 14.9. The molecule has 2 aromatic carbocycles. The molecule has 0 aliphatic carbocycles. The van der Waals surface area contributed by atoms with Gasteiger partial charge in [0.2, 0.25) is 0 Å². The molecule has 2 rings (SSSR count). The number of hydrogen-bond donors (Lipinski definition) is 1. The summed E-state index contributed by atoms with van der Waals surface area (Å²) in [5, 5.41) is 8.71. The number of rotatable bonds is 5. The van der Waals surface area contributed by atoms with Gasteiger partial charge in [-0.3, -0.25) is 9.59 Å². The van der Waals surface area contributed by atoms with Gasteiger partial charge in [-0.25, -0.2) is 0 Å². The van der Waals surface area contributed by atoms with E-state index in [2.05, 4.69) is 0 Å². The first-order chi connectivity index (χ1) is 9.54. The molecule has 0 bridgehead atoms. The van der Waals surface area contributed by atoms with E-state index in [9.17, 15) is 9.59 Å². The van der Waals surface area contributed by atoms with Gasteiger partial charge in [0.25, 0.3) is 0 Å². The van der Waals surface area contributed by atoms with Crippen LogP contribution in [0.4, 0.5) is 0 Å². The van der Waals surface area contributed by atoms with Gasteiger partial charge in [-0.05, 0) is 36.8 Å². The van der Waals surface area contributed by atoms with Gasteiger partial charge in [0.05, 0.1) is 6.42 Å². The molecule has 0 fully saturated rings. The topological polar surface area (TPSA) is 54.4 Å². The van der Waals surface area contributed by atoms with Crippen LogP contribution in [-0.4, -0.2) is 16.9 Å². The predicted molar refractivity (Wildman–Crippen MR) is 78.4 cm³/mol. The molecule has 0 unspecified atom stereocenters. The van der Waals surface area contributed by atoms with E-state index in [1.54, 1.807) is 18.7 Å². The van der Waals surface area contributed by atoms with Crippen LogP contribution in [0.3, 0.4) is 0 Å². The number of benzene rings is 2. The molecule has 102 valence electrons. The number of aliphatic carboxylic acids is 1. The van der Waals surface area contributed by atoms with Crippen molar-refractivity contribution < 1.29 is 14.7 Å².